The summed E-state index contributed by atoms with van der Waals surface area (Å²) in [6.45, 7) is 1.60. The average Bonchev–Trinajstić information content (AvgIpc) is 2.40. The van der Waals surface area contributed by atoms with Crippen LogP contribution in [0.3, 0.4) is 0 Å². The van der Waals surface area contributed by atoms with Crippen LogP contribution in [0.25, 0.3) is 0 Å². The maximum Gasteiger partial charge on any atom is 0.196 e. The smallest absolute Gasteiger partial charge is 0.196 e. The Morgan fingerprint density at radius 1 is 1.44 bits per heavy atom. The molecule has 0 bridgehead atoms. The first-order valence-corrected chi connectivity index (χ1v) is 6.69. The van der Waals surface area contributed by atoms with Crippen LogP contribution in [-0.2, 0) is 4.18 Å². The molecule has 1 heterocycles. The van der Waals surface area contributed by atoms with Gasteiger partial charge in [-0.2, -0.15) is 0 Å². The number of nitrogens with zero attached hydrogens (tertiary/aromatic N) is 3. The molecule has 98 valence electrons. The Morgan fingerprint density at radius 3 is 2.89 bits per heavy atom. The molecule has 0 aliphatic carbocycles. The van der Waals surface area contributed by atoms with Crippen LogP contribution in [0.15, 0.2) is 29.3 Å². The van der Waals surface area contributed by atoms with E-state index in [1.54, 1.807) is 4.90 Å². The molecule has 5 nitrogen and oxygen atoms in total. The van der Waals surface area contributed by atoms with Gasteiger partial charge in [0.25, 0.3) is 0 Å². The summed E-state index contributed by atoms with van der Waals surface area (Å²) in [7, 11) is 3.76. The van der Waals surface area contributed by atoms with Crippen LogP contribution in [0.2, 0.25) is 0 Å². The van der Waals surface area contributed by atoms with Crippen molar-refractivity contribution >= 4 is 29.4 Å². The lowest BCUT2D eigenvalue weighted by Gasteiger charge is -2.28. The van der Waals surface area contributed by atoms with Gasteiger partial charge in [0, 0.05) is 32.7 Å². The molecular formula is C12H18N4OS. The number of guanidine groups is 1. The van der Waals surface area contributed by atoms with E-state index in [4.69, 9.17) is 9.92 Å². The fourth-order valence-electron chi connectivity index (χ4n) is 1.61. The first-order valence-electron chi connectivity index (χ1n) is 5.78. The highest BCUT2D eigenvalue weighted by Crippen LogP contribution is 2.31. The Labute approximate surface area is 112 Å². The van der Waals surface area contributed by atoms with Gasteiger partial charge in [-0.3, -0.25) is 0 Å². The van der Waals surface area contributed by atoms with Crippen molar-refractivity contribution in [1.29, 1.82) is 0 Å². The Balaban J connectivity index is 2.27. The molecule has 1 fully saturated rings. The Kier molecular flexibility index (Phi) is 4.33. The van der Waals surface area contributed by atoms with E-state index in [-0.39, 0.29) is 0 Å². The standard InChI is InChI=1S/C12H18N4OS/c1-15(2)12(13)14-10-5-3-4-6-11(10)16-7-8-17-18-9-16/h3-6H,7-9H2,1-2H3,(H2,13,14). The molecule has 0 radical (unpaired) electrons. The fourth-order valence-corrected chi connectivity index (χ4v) is 2.27. The largest absolute Gasteiger partial charge is 0.370 e. The molecule has 2 N–H and O–H groups in total. The van der Waals surface area contributed by atoms with E-state index in [1.807, 2.05) is 32.3 Å². The average molecular weight is 266 g/mol. The van der Waals surface area contributed by atoms with Gasteiger partial charge in [-0.25, -0.2) is 4.99 Å². The second-order valence-corrected chi connectivity index (χ2v) is 4.92. The van der Waals surface area contributed by atoms with Gasteiger partial charge in [0.05, 0.1) is 23.9 Å². The normalized spacial score (nSPS) is 16.8. The topological polar surface area (TPSA) is 54.1 Å². The van der Waals surface area contributed by atoms with Crippen molar-refractivity contribution in [1.82, 2.24) is 4.90 Å². The molecule has 18 heavy (non-hydrogen) atoms. The Bertz CT molecular complexity index is 430. The monoisotopic (exact) mass is 266 g/mol. The molecule has 0 atom stereocenters. The zero-order valence-corrected chi connectivity index (χ0v) is 11.5. The van der Waals surface area contributed by atoms with Crippen LogP contribution in [0.1, 0.15) is 0 Å². The summed E-state index contributed by atoms with van der Waals surface area (Å²) in [4.78, 5) is 8.50. The number of para-hydroxylation sites is 2. The third-order valence-corrected chi connectivity index (χ3v) is 3.40. The van der Waals surface area contributed by atoms with Crippen molar-refractivity contribution < 1.29 is 4.18 Å². The van der Waals surface area contributed by atoms with E-state index in [0.29, 0.717) is 5.96 Å². The van der Waals surface area contributed by atoms with Gasteiger partial charge >= 0.3 is 0 Å². The quantitative estimate of drug-likeness (QED) is 0.501. The predicted octanol–water partition coefficient (Wildman–Crippen LogP) is 1.64. The first kappa shape index (κ1) is 13.0. The van der Waals surface area contributed by atoms with Gasteiger partial charge in [-0.1, -0.05) is 12.1 Å². The summed E-state index contributed by atoms with van der Waals surface area (Å²) >= 11 is 1.47. The number of anilines is 1. The maximum atomic E-state index is 5.87. The molecule has 6 heteroatoms. The summed E-state index contributed by atoms with van der Waals surface area (Å²) in [5.41, 5.74) is 7.86. The van der Waals surface area contributed by atoms with Gasteiger partial charge in [0.15, 0.2) is 5.96 Å². The lowest BCUT2D eigenvalue weighted by molar-refractivity contribution is 0.367. The van der Waals surface area contributed by atoms with Crippen LogP contribution in [0, 0.1) is 0 Å². The van der Waals surface area contributed by atoms with Crippen LogP contribution >= 0.6 is 12.0 Å². The number of hydrogen-bond acceptors (Lipinski definition) is 4. The van der Waals surface area contributed by atoms with Crippen molar-refractivity contribution in [2.45, 2.75) is 0 Å². The van der Waals surface area contributed by atoms with Gasteiger partial charge < -0.3 is 19.7 Å². The van der Waals surface area contributed by atoms with Gasteiger partial charge in [0.1, 0.15) is 0 Å². The van der Waals surface area contributed by atoms with Crippen molar-refractivity contribution in [3.05, 3.63) is 24.3 Å². The molecule has 1 saturated heterocycles. The van der Waals surface area contributed by atoms with E-state index >= 15 is 0 Å². The second-order valence-electron chi connectivity index (χ2n) is 4.19. The van der Waals surface area contributed by atoms with Crippen LogP contribution < -0.4 is 10.6 Å². The summed E-state index contributed by atoms with van der Waals surface area (Å²) in [6, 6.07) is 8.03. The molecule has 1 aliphatic rings. The Hall–Kier alpha value is -1.40. The highest BCUT2D eigenvalue weighted by Gasteiger charge is 2.15. The molecule has 0 amide bonds. The van der Waals surface area contributed by atoms with E-state index in [1.165, 1.54) is 12.0 Å². The minimum Gasteiger partial charge on any atom is -0.370 e. The van der Waals surface area contributed by atoms with Gasteiger partial charge in [-0.05, 0) is 12.1 Å². The molecule has 2 rings (SSSR count). The van der Waals surface area contributed by atoms with Crippen molar-refractivity contribution in [3.63, 3.8) is 0 Å². The molecular weight excluding hydrogens is 248 g/mol. The molecule has 0 unspecified atom stereocenters. The minimum atomic E-state index is 0.503. The number of hydrogen-bond donors (Lipinski definition) is 1. The number of benzene rings is 1. The minimum absolute atomic E-state index is 0.503. The van der Waals surface area contributed by atoms with Crippen LogP contribution in [0.5, 0.6) is 0 Å². The molecule has 1 aromatic carbocycles. The second kappa shape index (κ2) is 5.97. The third-order valence-electron chi connectivity index (χ3n) is 2.65. The van der Waals surface area contributed by atoms with E-state index < -0.39 is 0 Å². The van der Waals surface area contributed by atoms with Gasteiger partial charge in [0.2, 0.25) is 0 Å². The third kappa shape index (κ3) is 3.08. The van der Waals surface area contributed by atoms with E-state index in [0.717, 1.165) is 30.4 Å². The maximum absolute atomic E-state index is 5.87. The lowest BCUT2D eigenvalue weighted by Crippen LogP contribution is -2.31. The molecule has 0 aromatic heterocycles. The number of rotatable bonds is 2. The zero-order valence-electron chi connectivity index (χ0n) is 10.7. The zero-order chi connectivity index (χ0) is 13.0. The van der Waals surface area contributed by atoms with E-state index in [2.05, 4.69) is 16.0 Å². The number of aliphatic imine (C=N–C) groups is 1. The van der Waals surface area contributed by atoms with E-state index in [9.17, 15) is 0 Å². The highest BCUT2D eigenvalue weighted by molar-refractivity contribution is 7.94. The van der Waals surface area contributed by atoms with Crippen LogP contribution in [-0.4, -0.2) is 44.0 Å². The SMILES string of the molecule is CN(C)C(N)=Nc1ccccc1N1CCOSC1. The molecule has 1 aromatic rings. The van der Waals surface area contributed by atoms with Crippen molar-refractivity contribution in [2.24, 2.45) is 10.7 Å². The summed E-state index contributed by atoms with van der Waals surface area (Å²) in [6.07, 6.45) is 0. The summed E-state index contributed by atoms with van der Waals surface area (Å²) in [5, 5.41) is 0. The summed E-state index contributed by atoms with van der Waals surface area (Å²) < 4.78 is 5.29. The fraction of sp³-hybridized carbons (Fsp3) is 0.417. The molecule has 0 saturated carbocycles. The summed E-state index contributed by atoms with van der Waals surface area (Å²) in [5.74, 6) is 1.32. The van der Waals surface area contributed by atoms with Crippen molar-refractivity contribution in [2.75, 3.05) is 38.0 Å². The number of nitrogens with two attached hydrogens (primary N) is 1. The molecule has 0 spiro atoms. The molecule has 1 aliphatic heterocycles. The van der Waals surface area contributed by atoms with Crippen LogP contribution in [0.4, 0.5) is 11.4 Å². The first-order chi connectivity index (χ1) is 8.68. The highest BCUT2D eigenvalue weighted by atomic mass is 32.2. The predicted molar refractivity (Wildman–Crippen MR) is 77.2 cm³/mol. The van der Waals surface area contributed by atoms with Crippen molar-refractivity contribution in [3.8, 4) is 0 Å². The Morgan fingerprint density at radius 2 is 2.22 bits per heavy atom. The van der Waals surface area contributed by atoms with Gasteiger partial charge in [-0.15, -0.1) is 0 Å². The lowest BCUT2D eigenvalue weighted by atomic mass is 10.2.